The van der Waals surface area contributed by atoms with E-state index in [-0.39, 0.29) is 24.2 Å². The van der Waals surface area contributed by atoms with Gasteiger partial charge in [0.15, 0.2) is 0 Å². The maximum absolute atomic E-state index is 11.7. The molecular formula is C12H16ClN3O2. The fraction of sp³-hybridized carbons (Fsp3) is 0.333. The normalized spacial score (nSPS) is 15.2. The molecule has 1 saturated carbocycles. The van der Waals surface area contributed by atoms with Gasteiger partial charge in [0.2, 0.25) is 11.8 Å². The van der Waals surface area contributed by atoms with Gasteiger partial charge >= 0.3 is 0 Å². The van der Waals surface area contributed by atoms with Crippen molar-refractivity contribution in [2.24, 2.45) is 5.73 Å². The topological polar surface area (TPSA) is 84.2 Å². The van der Waals surface area contributed by atoms with Crippen molar-refractivity contribution in [1.29, 1.82) is 0 Å². The molecule has 0 aliphatic heterocycles. The Labute approximate surface area is 112 Å². The van der Waals surface area contributed by atoms with Gasteiger partial charge in [-0.25, -0.2) is 0 Å². The Morgan fingerprint density at radius 3 is 1.94 bits per heavy atom. The molecule has 6 heteroatoms. The lowest BCUT2D eigenvalue weighted by Gasteiger charge is -2.10. The summed E-state index contributed by atoms with van der Waals surface area (Å²) >= 11 is 0. The molecular weight excluding hydrogens is 254 g/mol. The van der Waals surface area contributed by atoms with E-state index in [1.807, 2.05) is 0 Å². The summed E-state index contributed by atoms with van der Waals surface area (Å²) in [6.07, 6.45) is 1.48. The van der Waals surface area contributed by atoms with E-state index in [0.29, 0.717) is 11.4 Å². The molecule has 0 heterocycles. The number of halogens is 1. The van der Waals surface area contributed by atoms with Gasteiger partial charge in [-0.2, -0.15) is 0 Å². The molecule has 0 unspecified atom stereocenters. The number of amides is 2. The minimum atomic E-state index is -0.670. The third kappa shape index (κ3) is 3.45. The minimum absolute atomic E-state index is 0. The fourth-order valence-electron chi connectivity index (χ4n) is 1.46. The highest BCUT2D eigenvalue weighted by Gasteiger charge is 2.45. The van der Waals surface area contributed by atoms with Gasteiger partial charge in [0.05, 0.1) is 5.54 Å². The van der Waals surface area contributed by atoms with Gasteiger partial charge in [0.25, 0.3) is 0 Å². The first kappa shape index (κ1) is 14.5. The van der Waals surface area contributed by atoms with Crippen LogP contribution in [0.3, 0.4) is 0 Å². The van der Waals surface area contributed by atoms with Gasteiger partial charge < -0.3 is 16.4 Å². The molecule has 0 aromatic heterocycles. The molecule has 1 fully saturated rings. The third-order valence-corrected chi connectivity index (χ3v) is 2.70. The van der Waals surface area contributed by atoms with E-state index in [1.54, 1.807) is 24.3 Å². The van der Waals surface area contributed by atoms with Gasteiger partial charge in [0, 0.05) is 18.3 Å². The summed E-state index contributed by atoms with van der Waals surface area (Å²) in [5.41, 5.74) is 6.47. The lowest BCUT2D eigenvalue weighted by atomic mass is 10.2. The Hall–Kier alpha value is -1.59. The molecule has 1 aliphatic carbocycles. The molecule has 2 rings (SSSR count). The second-order valence-corrected chi connectivity index (χ2v) is 4.37. The van der Waals surface area contributed by atoms with Crippen LogP contribution in [-0.4, -0.2) is 17.4 Å². The van der Waals surface area contributed by atoms with Crippen LogP contribution in [-0.2, 0) is 9.59 Å². The zero-order chi connectivity index (χ0) is 12.5. The predicted molar refractivity (Wildman–Crippen MR) is 72.8 cm³/mol. The van der Waals surface area contributed by atoms with E-state index in [9.17, 15) is 9.59 Å². The maximum atomic E-state index is 11.7. The molecule has 4 N–H and O–H groups in total. The number of carbonyl (C=O) groups is 2. The van der Waals surface area contributed by atoms with Crippen LogP contribution in [0.4, 0.5) is 11.4 Å². The molecule has 0 saturated heterocycles. The Morgan fingerprint density at radius 1 is 1.11 bits per heavy atom. The van der Waals surface area contributed by atoms with Crippen LogP contribution in [0.2, 0.25) is 0 Å². The van der Waals surface area contributed by atoms with Crippen molar-refractivity contribution in [2.75, 3.05) is 10.6 Å². The maximum Gasteiger partial charge on any atom is 0.244 e. The van der Waals surface area contributed by atoms with E-state index in [0.717, 1.165) is 12.8 Å². The fourth-order valence-corrected chi connectivity index (χ4v) is 1.46. The summed E-state index contributed by atoms with van der Waals surface area (Å²) in [5, 5.41) is 5.40. The summed E-state index contributed by atoms with van der Waals surface area (Å²) in [5.74, 6) is -0.273. The monoisotopic (exact) mass is 269 g/mol. The molecule has 0 bridgehead atoms. The molecule has 2 amide bonds. The molecule has 1 aromatic rings. The van der Waals surface area contributed by atoms with Gasteiger partial charge in [-0.15, -0.1) is 12.4 Å². The quantitative estimate of drug-likeness (QED) is 0.777. The Morgan fingerprint density at radius 2 is 1.56 bits per heavy atom. The highest BCUT2D eigenvalue weighted by atomic mass is 35.5. The van der Waals surface area contributed by atoms with Crippen LogP contribution in [0.1, 0.15) is 19.8 Å². The summed E-state index contributed by atoms with van der Waals surface area (Å²) in [6.45, 7) is 1.45. The average Bonchev–Trinajstić information content (AvgIpc) is 3.00. The zero-order valence-electron chi connectivity index (χ0n) is 10.0. The number of anilines is 2. The van der Waals surface area contributed by atoms with Crippen molar-refractivity contribution in [3.05, 3.63) is 24.3 Å². The molecule has 0 spiro atoms. The van der Waals surface area contributed by atoms with Gasteiger partial charge in [-0.3, -0.25) is 9.59 Å². The molecule has 5 nitrogen and oxygen atoms in total. The first-order chi connectivity index (χ1) is 7.99. The zero-order valence-corrected chi connectivity index (χ0v) is 10.8. The smallest absolute Gasteiger partial charge is 0.244 e. The first-order valence-electron chi connectivity index (χ1n) is 5.48. The number of hydrogen-bond donors (Lipinski definition) is 3. The Balaban J connectivity index is 0.00000162. The van der Waals surface area contributed by atoms with Crippen LogP contribution < -0.4 is 16.4 Å². The predicted octanol–water partition coefficient (Wildman–Crippen LogP) is 1.50. The average molecular weight is 270 g/mol. The van der Waals surface area contributed by atoms with Crippen molar-refractivity contribution in [3.8, 4) is 0 Å². The second kappa shape index (κ2) is 5.37. The van der Waals surface area contributed by atoms with E-state index >= 15 is 0 Å². The first-order valence-corrected chi connectivity index (χ1v) is 5.48. The number of nitrogens with two attached hydrogens (primary N) is 1. The van der Waals surface area contributed by atoms with Crippen molar-refractivity contribution in [3.63, 3.8) is 0 Å². The molecule has 0 radical (unpaired) electrons. The summed E-state index contributed by atoms with van der Waals surface area (Å²) in [7, 11) is 0. The van der Waals surface area contributed by atoms with Crippen LogP contribution in [0.15, 0.2) is 24.3 Å². The lowest BCUT2D eigenvalue weighted by molar-refractivity contribution is -0.118. The molecule has 0 atom stereocenters. The summed E-state index contributed by atoms with van der Waals surface area (Å²) < 4.78 is 0. The number of rotatable bonds is 3. The Bertz CT molecular complexity index is 455. The van der Waals surface area contributed by atoms with E-state index in [4.69, 9.17) is 5.73 Å². The number of nitrogens with one attached hydrogen (secondary N) is 2. The van der Waals surface area contributed by atoms with Crippen LogP contribution in [0.25, 0.3) is 0 Å². The molecule has 1 aromatic carbocycles. The third-order valence-electron chi connectivity index (χ3n) is 2.70. The van der Waals surface area contributed by atoms with Crippen molar-refractivity contribution < 1.29 is 9.59 Å². The van der Waals surface area contributed by atoms with Gasteiger partial charge in [-0.05, 0) is 37.1 Å². The molecule has 98 valence electrons. The van der Waals surface area contributed by atoms with Crippen LogP contribution in [0, 0.1) is 0 Å². The van der Waals surface area contributed by atoms with Crippen molar-refractivity contribution >= 4 is 35.6 Å². The van der Waals surface area contributed by atoms with Gasteiger partial charge in [-0.1, -0.05) is 0 Å². The van der Waals surface area contributed by atoms with Crippen molar-refractivity contribution in [1.82, 2.24) is 0 Å². The number of hydrogen-bond acceptors (Lipinski definition) is 3. The van der Waals surface area contributed by atoms with Crippen LogP contribution >= 0.6 is 12.4 Å². The summed E-state index contributed by atoms with van der Waals surface area (Å²) in [6, 6.07) is 6.92. The molecule has 1 aliphatic rings. The SMILES string of the molecule is CC(=O)Nc1ccc(NC(=O)C2(N)CC2)cc1.Cl. The molecule has 18 heavy (non-hydrogen) atoms. The largest absolute Gasteiger partial charge is 0.326 e. The second-order valence-electron chi connectivity index (χ2n) is 4.37. The van der Waals surface area contributed by atoms with E-state index in [2.05, 4.69) is 10.6 Å². The lowest BCUT2D eigenvalue weighted by Crippen LogP contribution is -2.37. The summed E-state index contributed by atoms with van der Waals surface area (Å²) in [4.78, 5) is 22.5. The highest BCUT2D eigenvalue weighted by Crippen LogP contribution is 2.33. The highest BCUT2D eigenvalue weighted by molar-refractivity contribution is 6.00. The number of carbonyl (C=O) groups excluding carboxylic acids is 2. The van der Waals surface area contributed by atoms with E-state index in [1.165, 1.54) is 6.92 Å². The van der Waals surface area contributed by atoms with Crippen LogP contribution in [0.5, 0.6) is 0 Å². The van der Waals surface area contributed by atoms with Crippen molar-refractivity contribution in [2.45, 2.75) is 25.3 Å². The Kier molecular flexibility index (Phi) is 4.32. The van der Waals surface area contributed by atoms with E-state index < -0.39 is 5.54 Å². The minimum Gasteiger partial charge on any atom is -0.326 e. The number of benzene rings is 1. The van der Waals surface area contributed by atoms with Gasteiger partial charge in [0.1, 0.15) is 0 Å². The standard InChI is InChI=1S/C12H15N3O2.ClH/c1-8(16)14-9-2-4-10(5-3-9)15-11(17)12(13)6-7-12;/h2-5H,6-7,13H2,1H3,(H,14,16)(H,15,17);1H.